The van der Waals surface area contributed by atoms with Gasteiger partial charge in [0.15, 0.2) is 11.5 Å². The fourth-order valence-electron chi connectivity index (χ4n) is 3.50. The molecule has 29 heavy (non-hydrogen) atoms. The van der Waals surface area contributed by atoms with E-state index in [0.29, 0.717) is 0 Å². The standard InChI is InChI=1S/C23H21N5S/c1-14-5-6-18(9-15(14)2)27(4)22-8-7-21-25-13-19(28(21)26-22)20-10-17-12-24-11-16(3)23(17)29-20/h5-13H,1-4H3. The number of benzene rings is 1. The number of pyridine rings is 1. The average Bonchev–Trinajstić information content (AvgIpc) is 3.33. The highest BCUT2D eigenvalue weighted by Gasteiger charge is 2.14. The molecule has 0 N–H and O–H groups in total. The summed E-state index contributed by atoms with van der Waals surface area (Å²) in [5.74, 6) is 0.874. The van der Waals surface area contributed by atoms with Gasteiger partial charge in [0.25, 0.3) is 0 Å². The molecular formula is C23H21N5S. The van der Waals surface area contributed by atoms with Gasteiger partial charge in [0.05, 0.1) is 11.1 Å². The zero-order chi connectivity index (χ0) is 20.1. The first-order chi connectivity index (χ1) is 14.0. The van der Waals surface area contributed by atoms with Crippen LogP contribution in [0.15, 0.2) is 55.0 Å². The second kappa shape index (κ2) is 6.67. The minimum atomic E-state index is 0.838. The summed E-state index contributed by atoms with van der Waals surface area (Å²) in [7, 11) is 2.04. The predicted octanol–water partition coefficient (Wildman–Crippen LogP) is 5.70. The van der Waals surface area contributed by atoms with Crippen molar-refractivity contribution in [1.82, 2.24) is 19.6 Å². The summed E-state index contributed by atoms with van der Waals surface area (Å²) in [6.45, 7) is 6.36. The number of thiophene rings is 1. The number of aromatic nitrogens is 4. The summed E-state index contributed by atoms with van der Waals surface area (Å²) < 4.78 is 3.19. The van der Waals surface area contributed by atoms with Gasteiger partial charge in [-0.2, -0.15) is 0 Å². The second-order valence-corrected chi connectivity index (χ2v) is 8.47. The van der Waals surface area contributed by atoms with Crippen molar-refractivity contribution in [2.24, 2.45) is 0 Å². The molecule has 0 bridgehead atoms. The van der Waals surface area contributed by atoms with E-state index in [4.69, 9.17) is 5.10 Å². The van der Waals surface area contributed by atoms with E-state index in [-0.39, 0.29) is 0 Å². The van der Waals surface area contributed by atoms with Crippen LogP contribution in [0.1, 0.15) is 16.7 Å². The maximum absolute atomic E-state index is 4.90. The first-order valence-electron chi connectivity index (χ1n) is 9.51. The van der Waals surface area contributed by atoms with Gasteiger partial charge in [-0.25, -0.2) is 9.50 Å². The maximum atomic E-state index is 4.90. The van der Waals surface area contributed by atoms with Gasteiger partial charge in [-0.1, -0.05) is 6.07 Å². The summed E-state index contributed by atoms with van der Waals surface area (Å²) in [4.78, 5) is 12.1. The molecule has 0 unspecified atom stereocenters. The SMILES string of the molecule is Cc1ccc(N(C)c2ccc3ncc(-c4cc5cncc(C)c5s4)n3n2)cc1C. The highest BCUT2D eigenvalue weighted by Crippen LogP contribution is 2.35. The normalized spacial score (nSPS) is 11.4. The number of imidazole rings is 1. The molecule has 0 saturated heterocycles. The van der Waals surface area contributed by atoms with Crippen LogP contribution in [0.25, 0.3) is 26.3 Å². The zero-order valence-corrected chi connectivity index (χ0v) is 17.7. The monoisotopic (exact) mass is 399 g/mol. The first kappa shape index (κ1) is 17.8. The summed E-state index contributed by atoms with van der Waals surface area (Å²) in [6.07, 6.45) is 5.72. The van der Waals surface area contributed by atoms with Crippen molar-refractivity contribution in [2.75, 3.05) is 11.9 Å². The van der Waals surface area contributed by atoms with E-state index >= 15 is 0 Å². The number of hydrogen-bond donors (Lipinski definition) is 0. The van der Waals surface area contributed by atoms with Gasteiger partial charge in [0.1, 0.15) is 5.69 Å². The number of nitrogens with zero attached hydrogens (tertiary/aromatic N) is 5. The molecule has 0 atom stereocenters. The number of fused-ring (bicyclic) bond motifs is 2. The van der Waals surface area contributed by atoms with Crippen LogP contribution in [0.5, 0.6) is 0 Å². The van der Waals surface area contributed by atoms with Crippen molar-refractivity contribution in [3.63, 3.8) is 0 Å². The molecule has 6 heteroatoms. The summed E-state index contributed by atoms with van der Waals surface area (Å²) >= 11 is 1.76. The summed E-state index contributed by atoms with van der Waals surface area (Å²) in [6, 6.07) is 12.7. The average molecular weight is 400 g/mol. The Kier molecular flexibility index (Phi) is 4.10. The van der Waals surface area contributed by atoms with Crippen molar-refractivity contribution in [1.29, 1.82) is 0 Å². The second-order valence-electron chi connectivity index (χ2n) is 7.42. The van der Waals surface area contributed by atoms with E-state index in [1.807, 2.05) is 42.3 Å². The van der Waals surface area contributed by atoms with Crippen molar-refractivity contribution in [3.8, 4) is 10.6 Å². The molecule has 0 radical (unpaired) electrons. The zero-order valence-electron chi connectivity index (χ0n) is 16.8. The van der Waals surface area contributed by atoms with E-state index < -0.39 is 0 Å². The van der Waals surface area contributed by atoms with Crippen LogP contribution in [0, 0.1) is 20.8 Å². The number of anilines is 2. The third-order valence-corrected chi connectivity index (χ3v) is 6.73. The molecule has 5 nitrogen and oxygen atoms in total. The lowest BCUT2D eigenvalue weighted by atomic mass is 10.1. The molecule has 4 heterocycles. The molecule has 0 aliphatic carbocycles. The van der Waals surface area contributed by atoms with E-state index in [9.17, 15) is 0 Å². The van der Waals surface area contributed by atoms with Crippen LogP contribution >= 0.6 is 11.3 Å². The number of hydrogen-bond acceptors (Lipinski definition) is 5. The highest BCUT2D eigenvalue weighted by molar-refractivity contribution is 7.22. The minimum absolute atomic E-state index is 0.838. The van der Waals surface area contributed by atoms with E-state index in [1.54, 1.807) is 11.3 Å². The van der Waals surface area contributed by atoms with Crippen LogP contribution in [0.4, 0.5) is 11.5 Å². The first-order valence-corrected chi connectivity index (χ1v) is 10.3. The lowest BCUT2D eigenvalue weighted by Crippen LogP contribution is -2.13. The topological polar surface area (TPSA) is 46.3 Å². The van der Waals surface area contributed by atoms with E-state index in [2.05, 4.69) is 59.9 Å². The Morgan fingerprint density at radius 2 is 1.76 bits per heavy atom. The van der Waals surface area contributed by atoms with Crippen LogP contribution in [0.3, 0.4) is 0 Å². The number of aryl methyl sites for hydroxylation is 3. The largest absolute Gasteiger partial charge is 0.328 e. The van der Waals surface area contributed by atoms with Crippen molar-refractivity contribution >= 4 is 38.6 Å². The molecule has 4 aromatic heterocycles. The van der Waals surface area contributed by atoms with Crippen LogP contribution in [-0.2, 0) is 0 Å². The van der Waals surface area contributed by atoms with Crippen molar-refractivity contribution < 1.29 is 0 Å². The van der Waals surface area contributed by atoms with Gasteiger partial charge < -0.3 is 4.90 Å². The molecule has 5 rings (SSSR count). The Morgan fingerprint density at radius 1 is 0.897 bits per heavy atom. The lowest BCUT2D eigenvalue weighted by molar-refractivity contribution is 0.921. The van der Waals surface area contributed by atoms with E-state index in [0.717, 1.165) is 33.1 Å². The summed E-state index contributed by atoms with van der Waals surface area (Å²) in [5.41, 5.74) is 6.70. The van der Waals surface area contributed by atoms with Gasteiger partial charge >= 0.3 is 0 Å². The minimum Gasteiger partial charge on any atom is -0.328 e. The third-order valence-electron chi connectivity index (χ3n) is 5.42. The molecule has 0 fully saturated rings. The molecule has 5 aromatic rings. The third kappa shape index (κ3) is 2.96. The van der Waals surface area contributed by atoms with Crippen LogP contribution in [-0.4, -0.2) is 26.6 Å². The van der Waals surface area contributed by atoms with Gasteiger partial charge in [0.2, 0.25) is 0 Å². The van der Waals surface area contributed by atoms with Gasteiger partial charge in [-0.15, -0.1) is 16.4 Å². The van der Waals surface area contributed by atoms with E-state index in [1.165, 1.54) is 21.4 Å². The predicted molar refractivity (Wildman–Crippen MR) is 120 cm³/mol. The van der Waals surface area contributed by atoms with Crippen LogP contribution < -0.4 is 4.90 Å². The van der Waals surface area contributed by atoms with Crippen LogP contribution in [0.2, 0.25) is 0 Å². The Bertz CT molecular complexity index is 1360. The molecule has 0 aliphatic rings. The Labute approximate surface area is 173 Å². The lowest BCUT2D eigenvalue weighted by Gasteiger charge is -2.19. The van der Waals surface area contributed by atoms with Crippen molar-refractivity contribution in [3.05, 3.63) is 71.7 Å². The molecule has 0 saturated carbocycles. The summed E-state index contributed by atoms with van der Waals surface area (Å²) in [5, 5.41) is 6.06. The van der Waals surface area contributed by atoms with Gasteiger partial charge in [-0.05, 0) is 67.8 Å². The molecular weight excluding hydrogens is 378 g/mol. The Balaban J connectivity index is 1.61. The maximum Gasteiger partial charge on any atom is 0.154 e. The quantitative estimate of drug-likeness (QED) is 0.390. The molecule has 0 amide bonds. The van der Waals surface area contributed by atoms with Gasteiger partial charge in [0, 0.05) is 35.2 Å². The molecule has 144 valence electrons. The Hall–Kier alpha value is -3.25. The fourth-order valence-corrected chi connectivity index (χ4v) is 4.59. The smallest absolute Gasteiger partial charge is 0.154 e. The van der Waals surface area contributed by atoms with Crippen molar-refractivity contribution in [2.45, 2.75) is 20.8 Å². The molecule has 1 aromatic carbocycles. The highest BCUT2D eigenvalue weighted by atomic mass is 32.1. The van der Waals surface area contributed by atoms with Gasteiger partial charge in [-0.3, -0.25) is 4.98 Å². The molecule has 0 spiro atoms. The number of rotatable bonds is 3. The Morgan fingerprint density at radius 3 is 2.55 bits per heavy atom. The fraction of sp³-hybridized carbons (Fsp3) is 0.174. The molecule has 0 aliphatic heterocycles.